The molecule has 0 aliphatic rings. The number of nitrogens with zero attached hydrogens (tertiary/aromatic N) is 1. The molecule has 0 saturated carbocycles. The van der Waals surface area contributed by atoms with E-state index in [0.29, 0.717) is 6.61 Å². The molecule has 0 aromatic rings. The molecule has 0 rings (SSSR count). The van der Waals surface area contributed by atoms with E-state index in [4.69, 9.17) is 9.84 Å². The first-order chi connectivity index (χ1) is 6.20. The highest BCUT2D eigenvalue weighted by molar-refractivity contribution is 4.56. The second-order valence-electron chi connectivity index (χ2n) is 3.62. The van der Waals surface area contributed by atoms with E-state index in [9.17, 15) is 0 Å². The molecule has 0 fully saturated rings. The maximum atomic E-state index is 8.98. The number of aliphatic hydroxyl groups is 1. The smallest absolute Gasteiger partial charge is 0.0806 e. The summed E-state index contributed by atoms with van der Waals surface area (Å²) in [5, 5.41) is 8.98. The fourth-order valence-corrected chi connectivity index (χ4v) is 1.06. The van der Waals surface area contributed by atoms with Gasteiger partial charge in [-0.2, -0.15) is 0 Å². The normalized spacial score (nSPS) is 13.6. The Morgan fingerprint density at radius 2 is 2.08 bits per heavy atom. The minimum atomic E-state index is 0.0416. The lowest BCUT2D eigenvalue weighted by Gasteiger charge is -2.16. The number of rotatable bonds is 8. The summed E-state index contributed by atoms with van der Waals surface area (Å²) >= 11 is 0. The average Bonchev–Trinajstić information content (AvgIpc) is 2.10. The van der Waals surface area contributed by atoms with Crippen LogP contribution in [-0.2, 0) is 4.74 Å². The Labute approximate surface area is 81.7 Å². The van der Waals surface area contributed by atoms with Crippen LogP contribution in [0.3, 0.4) is 0 Å². The number of unbranched alkanes of at least 4 members (excludes halogenated alkanes) is 1. The Balaban J connectivity index is 3.36. The van der Waals surface area contributed by atoms with Crippen molar-refractivity contribution in [3.63, 3.8) is 0 Å². The van der Waals surface area contributed by atoms with Gasteiger partial charge in [0.2, 0.25) is 0 Å². The Hall–Kier alpha value is -0.120. The number of aliphatic hydroxyl groups excluding tert-OH is 1. The molecule has 13 heavy (non-hydrogen) atoms. The van der Waals surface area contributed by atoms with Gasteiger partial charge in [0, 0.05) is 6.54 Å². The summed E-state index contributed by atoms with van der Waals surface area (Å²) in [5.74, 6) is 0. The van der Waals surface area contributed by atoms with Crippen LogP contribution in [0.15, 0.2) is 0 Å². The van der Waals surface area contributed by atoms with Gasteiger partial charge in [0.25, 0.3) is 0 Å². The molecule has 1 unspecified atom stereocenters. The van der Waals surface area contributed by atoms with Crippen LogP contribution in [0.1, 0.15) is 26.2 Å². The minimum absolute atomic E-state index is 0.0416. The van der Waals surface area contributed by atoms with E-state index in [0.717, 1.165) is 25.8 Å². The van der Waals surface area contributed by atoms with Crippen LogP contribution in [0.5, 0.6) is 0 Å². The number of hydrogen-bond donors (Lipinski definition) is 1. The zero-order chi connectivity index (χ0) is 10.1. The minimum Gasteiger partial charge on any atom is -0.394 e. The van der Waals surface area contributed by atoms with E-state index in [1.807, 2.05) is 14.1 Å². The highest BCUT2D eigenvalue weighted by atomic mass is 16.5. The summed E-state index contributed by atoms with van der Waals surface area (Å²) in [4.78, 5) is 2.08. The van der Waals surface area contributed by atoms with E-state index in [2.05, 4.69) is 11.8 Å². The third kappa shape index (κ3) is 8.22. The molecule has 0 spiro atoms. The summed E-state index contributed by atoms with van der Waals surface area (Å²) in [7, 11) is 4.03. The zero-order valence-electron chi connectivity index (χ0n) is 9.12. The van der Waals surface area contributed by atoms with Crippen molar-refractivity contribution in [2.75, 3.05) is 33.9 Å². The van der Waals surface area contributed by atoms with Crippen LogP contribution in [0.2, 0.25) is 0 Å². The molecule has 80 valence electrons. The second-order valence-corrected chi connectivity index (χ2v) is 3.62. The van der Waals surface area contributed by atoms with Crippen molar-refractivity contribution in [3.8, 4) is 0 Å². The van der Waals surface area contributed by atoms with Crippen molar-refractivity contribution in [1.29, 1.82) is 0 Å². The van der Waals surface area contributed by atoms with E-state index in [1.54, 1.807) is 0 Å². The van der Waals surface area contributed by atoms with Crippen LogP contribution in [0, 0.1) is 0 Å². The van der Waals surface area contributed by atoms with Gasteiger partial charge in [0.1, 0.15) is 0 Å². The molecule has 1 atom stereocenters. The molecule has 0 bridgehead atoms. The summed E-state index contributed by atoms with van der Waals surface area (Å²) < 4.78 is 5.51. The van der Waals surface area contributed by atoms with Crippen LogP contribution in [-0.4, -0.2) is 50.0 Å². The lowest BCUT2D eigenvalue weighted by Crippen LogP contribution is -2.24. The third-order valence-electron chi connectivity index (χ3n) is 1.98. The van der Waals surface area contributed by atoms with E-state index in [-0.39, 0.29) is 12.7 Å². The second kappa shape index (κ2) is 8.48. The lowest BCUT2D eigenvalue weighted by atomic mass is 10.2. The van der Waals surface area contributed by atoms with E-state index < -0.39 is 0 Å². The summed E-state index contributed by atoms with van der Waals surface area (Å²) in [5.41, 5.74) is 0. The number of hydrogen-bond acceptors (Lipinski definition) is 3. The molecular formula is C10H23NO2. The summed E-state index contributed by atoms with van der Waals surface area (Å²) in [6.07, 6.45) is 3.31. The van der Waals surface area contributed by atoms with Crippen LogP contribution >= 0.6 is 0 Å². The highest BCUT2D eigenvalue weighted by Crippen LogP contribution is 2.03. The third-order valence-corrected chi connectivity index (χ3v) is 1.98. The van der Waals surface area contributed by atoms with Crippen LogP contribution < -0.4 is 0 Å². The summed E-state index contributed by atoms with van der Waals surface area (Å²) in [6.45, 7) is 3.92. The van der Waals surface area contributed by atoms with E-state index >= 15 is 0 Å². The molecule has 3 nitrogen and oxygen atoms in total. The van der Waals surface area contributed by atoms with Gasteiger partial charge >= 0.3 is 0 Å². The van der Waals surface area contributed by atoms with Gasteiger partial charge in [-0.25, -0.2) is 0 Å². The first-order valence-electron chi connectivity index (χ1n) is 5.07. The standard InChI is InChI=1S/C10H23NO2/c1-4-5-6-10(9-12)13-8-7-11(2)3/h10,12H,4-9H2,1-3H3. The molecule has 3 heteroatoms. The molecule has 0 aliphatic carbocycles. The average molecular weight is 189 g/mol. The predicted molar refractivity (Wildman–Crippen MR) is 54.9 cm³/mol. The quantitative estimate of drug-likeness (QED) is 0.621. The maximum absolute atomic E-state index is 8.98. The van der Waals surface area contributed by atoms with Crippen molar-refractivity contribution in [2.45, 2.75) is 32.3 Å². The van der Waals surface area contributed by atoms with Crippen molar-refractivity contribution in [3.05, 3.63) is 0 Å². The zero-order valence-corrected chi connectivity index (χ0v) is 9.12. The van der Waals surface area contributed by atoms with Gasteiger partial charge in [0.15, 0.2) is 0 Å². The van der Waals surface area contributed by atoms with Gasteiger partial charge in [-0.1, -0.05) is 19.8 Å². The molecule has 1 N–H and O–H groups in total. The molecule has 0 aromatic heterocycles. The lowest BCUT2D eigenvalue weighted by molar-refractivity contribution is 0.00160. The van der Waals surface area contributed by atoms with Crippen molar-refractivity contribution in [2.24, 2.45) is 0 Å². The number of ether oxygens (including phenoxy) is 1. The fraction of sp³-hybridized carbons (Fsp3) is 1.00. The molecular weight excluding hydrogens is 166 g/mol. The molecule has 0 aromatic carbocycles. The molecule has 0 aliphatic heterocycles. The van der Waals surface area contributed by atoms with Crippen LogP contribution in [0.4, 0.5) is 0 Å². The monoisotopic (exact) mass is 189 g/mol. The van der Waals surface area contributed by atoms with Gasteiger partial charge in [-0.05, 0) is 20.5 Å². The molecule has 0 heterocycles. The predicted octanol–water partition coefficient (Wildman–Crippen LogP) is 1.12. The number of likely N-dealkylation sites (N-methyl/N-ethyl adjacent to an activating group) is 1. The van der Waals surface area contributed by atoms with Crippen molar-refractivity contribution >= 4 is 0 Å². The largest absolute Gasteiger partial charge is 0.394 e. The Kier molecular flexibility index (Phi) is 8.40. The molecule has 0 radical (unpaired) electrons. The Morgan fingerprint density at radius 3 is 2.54 bits per heavy atom. The van der Waals surface area contributed by atoms with Crippen molar-refractivity contribution < 1.29 is 9.84 Å². The first kappa shape index (κ1) is 12.9. The Morgan fingerprint density at radius 1 is 1.38 bits per heavy atom. The van der Waals surface area contributed by atoms with Gasteiger partial charge < -0.3 is 14.7 Å². The fourth-order valence-electron chi connectivity index (χ4n) is 1.06. The van der Waals surface area contributed by atoms with E-state index in [1.165, 1.54) is 0 Å². The van der Waals surface area contributed by atoms with Gasteiger partial charge in [-0.15, -0.1) is 0 Å². The Bertz CT molecular complexity index is 107. The van der Waals surface area contributed by atoms with Gasteiger partial charge in [-0.3, -0.25) is 0 Å². The topological polar surface area (TPSA) is 32.7 Å². The first-order valence-corrected chi connectivity index (χ1v) is 5.07. The SMILES string of the molecule is CCCCC(CO)OCCN(C)C. The molecule has 0 saturated heterocycles. The summed E-state index contributed by atoms with van der Waals surface area (Å²) in [6, 6.07) is 0. The maximum Gasteiger partial charge on any atom is 0.0806 e. The van der Waals surface area contributed by atoms with Crippen LogP contribution in [0.25, 0.3) is 0 Å². The van der Waals surface area contributed by atoms with Gasteiger partial charge in [0.05, 0.1) is 19.3 Å². The molecule has 0 amide bonds. The van der Waals surface area contributed by atoms with Crippen molar-refractivity contribution in [1.82, 2.24) is 4.90 Å². The highest BCUT2D eigenvalue weighted by Gasteiger charge is 2.06.